The van der Waals surface area contributed by atoms with E-state index in [0.29, 0.717) is 6.54 Å². The fraction of sp³-hybridized carbons (Fsp3) is 0.353. The van der Waals surface area contributed by atoms with Crippen molar-refractivity contribution in [3.05, 3.63) is 52.2 Å². The number of thiophene rings is 1. The quantitative estimate of drug-likeness (QED) is 0.635. The topological polar surface area (TPSA) is 45.7 Å². The molecule has 118 valence electrons. The summed E-state index contributed by atoms with van der Waals surface area (Å²) >= 11 is 1.70. The predicted octanol–water partition coefficient (Wildman–Crippen LogP) is 3.19. The smallest absolute Gasteiger partial charge is 0.191 e. The molecule has 1 aromatic carbocycles. The molecule has 22 heavy (non-hydrogen) atoms. The molecule has 1 unspecified atom stereocenters. The summed E-state index contributed by atoms with van der Waals surface area (Å²) in [5, 5.41) is 10.8. The molecule has 0 saturated heterocycles. The van der Waals surface area contributed by atoms with Crippen molar-refractivity contribution in [2.45, 2.75) is 26.5 Å². The van der Waals surface area contributed by atoms with Crippen LogP contribution < -0.4 is 15.4 Å². The molecule has 2 aromatic rings. The number of benzene rings is 1. The summed E-state index contributed by atoms with van der Waals surface area (Å²) in [7, 11) is 1.77. The SMILES string of the molecule is CN=C(NCc1ccsc1)NCC(C)Oc1cccc(C)c1. The Bertz CT molecular complexity index is 596. The second-order valence-corrected chi connectivity index (χ2v) is 5.96. The van der Waals surface area contributed by atoms with Crippen LogP contribution in [-0.2, 0) is 6.54 Å². The van der Waals surface area contributed by atoms with E-state index >= 15 is 0 Å². The Morgan fingerprint density at radius 1 is 1.32 bits per heavy atom. The summed E-state index contributed by atoms with van der Waals surface area (Å²) < 4.78 is 5.90. The molecule has 2 rings (SSSR count). The van der Waals surface area contributed by atoms with Crippen LogP contribution in [0.25, 0.3) is 0 Å². The van der Waals surface area contributed by atoms with Gasteiger partial charge in [-0.1, -0.05) is 12.1 Å². The highest BCUT2D eigenvalue weighted by molar-refractivity contribution is 7.07. The minimum absolute atomic E-state index is 0.0569. The van der Waals surface area contributed by atoms with Crippen molar-refractivity contribution in [2.24, 2.45) is 4.99 Å². The van der Waals surface area contributed by atoms with Crippen molar-refractivity contribution in [1.82, 2.24) is 10.6 Å². The largest absolute Gasteiger partial charge is 0.489 e. The highest BCUT2D eigenvalue weighted by atomic mass is 32.1. The molecule has 2 N–H and O–H groups in total. The predicted molar refractivity (Wildman–Crippen MR) is 93.8 cm³/mol. The second-order valence-electron chi connectivity index (χ2n) is 5.18. The van der Waals surface area contributed by atoms with Gasteiger partial charge in [-0.15, -0.1) is 0 Å². The average Bonchev–Trinajstić information content (AvgIpc) is 3.01. The number of ether oxygens (including phenoxy) is 1. The third kappa shape index (κ3) is 5.41. The van der Waals surface area contributed by atoms with Crippen LogP contribution in [0, 0.1) is 6.92 Å². The number of aliphatic imine (C=N–C) groups is 1. The minimum Gasteiger partial charge on any atom is -0.489 e. The first-order valence-corrected chi connectivity index (χ1v) is 8.30. The minimum atomic E-state index is 0.0569. The van der Waals surface area contributed by atoms with E-state index < -0.39 is 0 Å². The molecule has 0 radical (unpaired) electrons. The van der Waals surface area contributed by atoms with Gasteiger partial charge in [-0.05, 0) is 53.9 Å². The van der Waals surface area contributed by atoms with Crippen molar-refractivity contribution < 1.29 is 4.74 Å². The van der Waals surface area contributed by atoms with Crippen molar-refractivity contribution in [3.8, 4) is 5.75 Å². The third-order valence-corrected chi connectivity index (χ3v) is 3.88. The molecule has 1 heterocycles. The van der Waals surface area contributed by atoms with Crippen LogP contribution >= 0.6 is 11.3 Å². The summed E-state index contributed by atoms with van der Waals surface area (Å²) in [4.78, 5) is 4.22. The number of nitrogens with one attached hydrogen (secondary N) is 2. The monoisotopic (exact) mass is 317 g/mol. The first-order valence-electron chi connectivity index (χ1n) is 7.36. The van der Waals surface area contributed by atoms with E-state index in [1.807, 2.05) is 25.1 Å². The molecule has 1 atom stereocenters. The van der Waals surface area contributed by atoms with Gasteiger partial charge in [-0.3, -0.25) is 4.99 Å². The normalized spacial score (nSPS) is 12.8. The fourth-order valence-electron chi connectivity index (χ4n) is 2.00. The maximum atomic E-state index is 5.90. The zero-order chi connectivity index (χ0) is 15.8. The Hall–Kier alpha value is -2.01. The summed E-state index contributed by atoms with van der Waals surface area (Å²) in [6.45, 7) is 5.57. The Kier molecular flexibility index (Phi) is 6.27. The lowest BCUT2D eigenvalue weighted by atomic mass is 10.2. The van der Waals surface area contributed by atoms with Crippen molar-refractivity contribution in [1.29, 1.82) is 0 Å². The summed E-state index contributed by atoms with van der Waals surface area (Å²) in [5.74, 6) is 1.68. The van der Waals surface area contributed by atoms with Crippen LogP contribution in [-0.4, -0.2) is 25.7 Å². The van der Waals surface area contributed by atoms with Crippen LogP contribution in [0.3, 0.4) is 0 Å². The number of hydrogen-bond donors (Lipinski definition) is 2. The molecule has 0 saturated carbocycles. The molecule has 0 spiro atoms. The van der Waals surface area contributed by atoms with Gasteiger partial charge in [0.2, 0.25) is 0 Å². The first-order chi connectivity index (χ1) is 10.7. The molecule has 5 heteroatoms. The molecule has 4 nitrogen and oxygen atoms in total. The van der Waals surface area contributed by atoms with Gasteiger partial charge in [0.1, 0.15) is 11.9 Å². The standard InChI is InChI=1S/C17H23N3OS/c1-13-5-4-6-16(9-13)21-14(2)10-19-17(18-3)20-11-15-7-8-22-12-15/h4-9,12,14H,10-11H2,1-3H3,(H2,18,19,20). The maximum Gasteiger partial charge on any atom is 0.191 e. The van der Waals surface area contributed by atoms with E-state index in [2.05, 4.69) is 45.4 Å². The van der Waals surface area contributed by atoms with E-state index in [4.69, 9.17) is 4.74 Å². The van der Waals surface area contributed by atoms with Gasteiger partial charge in [0.05, 0.1) is 6.54 Å². The number of aryl methyl sites for hydroxylation is 1. The van der Waals surface area contributed by atoms with Crippen LogP contribution in [0.2, 0.25) is 0 Å². The Morgan fingerprint density at radius 2 is 2.18 bits per heavy atom. The third-order valence-electron chi connectivity index (χ3n) is 3.15. The van der Waals surface area contributed by atoms with Gasteiger partial charge in [0.25, 0.3) is 0 Å². The molecular formula is C17H23N3OS. The lowest BCUT2D eigenvalue weighted by Gasteiger charge is -2.18. The second kappa shape index (κ2) is 8.44. The number of hydrogen-bond acceptors (Lipinski definition) is 3. The van der Waals surface area contributed by atoms with Crippen molar-refractivity contribution >= 4 is 17.3 Å². The van der Waals surface area contributed by atoms with Crippen molar-refractivity contribution in [3.63, 3.8) is 0 Å². The van der Waals surface area contributed by atoms with Gasteiger partial charge in [0.15, 0.2) is 5.96 Å². The van der Waals surface area contributed by atoms with E-state index in [1.165, 1.54) is 11.1 Å². The van der Waals surface area contributed by atoms with Gasteiger partial charge in [0, 0.05) is 13.6 Å². The Labute approximate surface area is 136 Å². The lowest BCUT2D eigenvalue weighted by Crippen LogP contribution is -2.41. The van der Waals surface area contributed by atoms with Gasteiger partial charge < -0.3 is 15.4 Å². The van der Waals surface area contributed by atoms with Crippen LogP contribution in [0.15, 0.2) is 46.1 Å². The zero-order valence-electron chi connectivity index (χ0n) is 13.3. The van der Waals surface area contributed by atoms with E-state index in [-0.39, 0.29) is 6.10 Å². The molecule has 0 bridgehead atoms. The Morgan fingerprint density at radius 3 is 2.86 bits per heavy atom. The number of rotatable bonds is 6. The molecular weight excluding hydrogens is 294 g/mol. The van der Waals surface area contributed by atoms with Crippen LogP contribution in [0.5, 0.6) is 5.75 Å². The Balaban J connectivity index is 1.75. The lowest BCUT2D eigenvalue weighted by molar-refractivity contribution is 0.223. The maximum absolute atomic E-state index is 5.90. The summed E-state index contributed by atoms with van der Waals surface area (Å²) in [5.41, 5.74) is 2.46. The highest BCUT2D eigenvalue weighted by Gasteiger charge is 2.06. The average molecular weight is 317 g/mol. The van der Waals surface area contributed by atoms with Gasteiger partial charge in [-0.25, -0.2) is 0 Å². The molecule has 1 aromatic heterocycles. The molecule has 0 aliphatic rings. The highest BCUT2D eigenvalue weighted by Crippen LogP contribution is 2.13. The zero-order valence-corrected chi connectivity index (χ0v) is 14.1. The van der Waals surface area contributed by atoms with Gasteiger partial charge >= 0.3 is 0 Å². The molecule has 0 aliphatic carbocycles. The van der Waals surface area contributed by atoms with Crippen LogP contribution in [0.1, 0.15) is 18.1 Å². The van der Waals surface area contributed by atoms with E-state index in [9.17, 15) is 0 Å². The van der Waals surface area contributed by atoms with Crippen molar-refractivity contribution in [2.75, 3.05) is 13.6 Å². The number of guanidine groups is 1. The fourth-order valence-corrected chi connectivity index (χ4v) is 2.67. The van der Waals surface area contributed by atoms with E-state index in [0.717, 1.165) is 18.3 Å². The molecule has 0 fully saturated rings. The summed E-state index contributed by atoms with van der Waals surface area (Å²) in [6.07, 6.45) is 0.0569. The molecule has 0 amide bonds. The van der Waals surface area contributed by atoms with Crippen LogP contribution in [0.4, 0.5) is 0 Å². The molecule has 0 aliphatic heterocycles. The first kappa shape index (κ1) is 16.4. The van der Waals surface area contributed by atoms with Gasteiger partial charge in [-0.2, -0.15) is 11.3 Å². The number of nitrogens with zero attached hydrogens (tertiary/aromatic N) is 1. The van der Waals surface area contributed by atoms with E-state index in [1.54, 1.807) is 18.4 Å². The summed E-state index contributed by atoms with van der Waals surface area (Å²) in [6, 6.07) is 10.2.